The van der Waals surface area contributed by atoms with Gasteiger partial charge in [0.1, 0.15) is 0 Å². The maximum Gasteiger partial charge on any atom is 0.313 e. The van der Waals surface area contributed by atoms with Crippen LogP contribution in [0, 0.1) is 5.41 Å². The molecule has 0 amide bonds. The van der Waals surface area contributed by atoms with Gasteiger partial charge in [-0.1, -0.05) is 25.6 Å². The van der Waals surface area contributed by atoms with E-state index in [0.717, 1.165) is 24.0 Å². The van der Waals surface area contributed by atoms with E-state index in [9.17, 15) is 4.79 Å². The number of aromatic nitrogens is 3. The zero-order valence-electron chi connectivity index (χ0n) is 9.17. The molecule has 0 aromatic carbocycles. The van der Waals surface area contributed by atoms with E-state index < -0.39 is 5.97 Å². The number of nitrogens with zero attached hydrogens (tertiary/aromatic N) is 3. The summed E-state index contributed by atoms with van der Waals surface area (Å²) in [6.07, 6.45) is 1.05. The highest BCUT2D eigenvalue weighted by molar-refractivity contribution is 7.99. The second-order valence-electron chi connectivity index (χ2n) is 4.64. The first-order chi connectivity index (χ1) is 7.42. The SMILES string of the molecule is CC1(C)CC1c1nnc(SCC(=O)O)n1N. The molecule has 88 valence electrons. The molecule has 1 aromatic heterocycles. The van der Waals surface area contributed by atoms with Crippen LogP contribution in [-0.2, 0) is 4.79 Å². The Morgan fingerprint density at radius 3 is 2.81 bits per heavy atom. The van der Waals surface area contributed by atoms with Crippen molar-refractivity contribution in [3.05, 3.63) is 5.82 Å². The van der Waals surface area contributed by atoms with Gasteiger partial charge in [0.05, 0.1) is 5.75 Å². The normalized spacial score (nSPS) is 22.0. The second kappa shape index (κ2) is 3.65. The Morgan fingerprint density at radius 1 is 1.69 bits per heavy atom. The number of carbonyl (C=O) groups is 1. The van der Waals surface area contributed by atoms with Crippen molar-refractivity contribution in [2.24, 2.45) is 5.41 Å². The van der Waals surface area contributed by atoms with E-state index in [0.29, 0.717) is 11.1 Å². The van der Waals surface area contributed by atoms with Gasteiger partial charge in [0.2, 0.25) is 5.16 Å². The molecule has 6 nitrogen and oxygen atoms in total. The number of carboxylic acids is 1. The van der Waals surface area contributed by atoms with Gasteiger partial charge in [-0.25, -0.2) is 4.68 Å². The molecule has 1 fully saturated rings. The van der Waals surface area contributed by atoms with E-state index in [1.54, 1.807) is 0 Å². The Hall–Kier alpha value is -1.24. The van der Waals surface area contributed by atoms with Gasteiger partial charge < -0.3 is 10.9 Å². The minimum Gasteiger partial charge on any atom is -0.481 e. The van der Waals surface area contributed by atoms with Crippen LogP contribution in [0.3, 0.4) is 0 Å². The van der Waals surface area contributed by atoms with Crippen LogP contribution in [0.1, 0.15) is 32.0 Å². The summed E-state index contributed by atoms with van der Waals surface area (Å²) in [6, 6.07) is 0. The van der Waals surface area contributed by atoms with Gasteiger partial charge in [0.25, 0.3) is 0 Å². The highest BCUT2D eigenvalue weighted by Gasteiger charge is 2.49. The first kappa shape index (κ1) is 11.3. The first-order valence-electron chi connectivity index (χ1n) is 4.97. The molecular formula is C9H14N4O2S. The standard InChI is InChI=1S/C9H14N4O2S/c1-9(2)3-5(9)7-11-12-8(13(7)10)16-4-6(14)15/h5H,3-4,10H2,1-2H3,(H,14,15). The quantitative estimate of drug-likeness (QED) is 0.595. The molecule has 1 unspecified atom stereocenters. The van der Waals surface area contributed by atoms with Gasteiger partial charge >= 0.3 is 5.97 Å². The maximum atomic E-state index is 10.4. The molecule has 1 saturated carbocycles. The zero-order chi connectivity index (χ0) is 11.9. The van der Waals surface area contributed by atoms with Crippen molar-refractivity contribution in [1.29, 1.82) is 0 Å². The van der Waals surface area contributed by atoms with Crippen LogP contribution in [0.15, 0.2) is 5.16 Å². The number of nitrogens with two attached hydrogens (primary N) is 1. The molecule has 0 bridgehead atoms. The molecule has 1 aliphatic rings. The van der Waals surface area contributed by atoms with E-state index in [1.165, 1.54) is 4.68 Å². The summed E-state index contributed by atoms with van der Waals surface area (Å²) in [4.78, 5) is 10.4. The van der Waals surface area contributed by atoms with Crippen LogP contribution in [0.2, 0.25) is 0 Å². The molecule has 0 spiro atoms. The lowest BCUT2D eigenvalue weighted by Gasteiger charge is -2.03. The molecule has 0 saturated heterocycles. The summed E-state index contributed by atoms with van der Waals surface area (Å²) in [5, 5.41) is 16.9. The van der Waals surface area contributed by atoms with E-state index >= 15 is 0 Å². The summed E-state index contributed by atoms with van der Waals surface area (Å²) in [7, 11) is 0. The molecule has 3 N–H and O–H groups in total. The minimum atomic E-state index is -0.888. The number of hydrogen-bond donors (Lipinski definition) is 2. The largest absolute Gasteiger partial charge is 0.481 e. The van der Waals surface area contributed by atoms with E-state index in [1.807, 2.05) is 0 Å². The maximum absolute atomic E-state index is 10.4. The van der Waals surface area contributed by atoms with Crippen molar-refractivity contribution < 1.29 is 9.90 Å². The van der Waals surface area contributed by atoms with Gasteiger partial charge in [-0.3, -0.25) is 4.79 Å². The summed E-state index contributed by atoms with van der Waals surface area (Å²) in [6.45, 7) is 4.30. The van der Waals surface area contributed by atoms with Crippen molar-refractivity contribution in [3.8, 4) is 0 Å². The summed E-state index contributed by atoms with van der Waals surface area (Å²) in [5.74, 6) is 5.97. The Kier molecular flexibility index (Phi) is 2.57. The number of hydrogen-bond acceptors (Lipinski definition) is 5. The fraction of sp³-hybridized carbons (Fsp3) is 0.667. The first-order valence-corrected chi connectivity index (χ1v) is 5.95. The highest BCUT2D eigenvalue weighted by atomic mass is 32.2. The molecule has 1 aliphatic carbocycles. The monoisotopic (exact) mass is 242 g/mol. The number of nitrogen functional groups attached to an aromatic ring is 1. The summed E-state index contributed by atoms with van der Waals surface area (Å²) < 4.78 is 1.41. The topological polar surface area (TPSA) is 94.0 Å². The number of thioether (sulfide) groups is 1. The van der Waals surface area contributed by atoms with Crippen LogP contribution >= 0.6 is 11.8 Å². The Balaban J connectivity index is 2.09. The van der Waals surface area contributed by atoms with Crippen LogP contribution in [0.4, 0.5) is 0 Å². The van der Waals surface area contributed by atoms with Gasteiger partial charge in [-0.2, -0.15) is 0 Å². The molecule has 1 heterocycles. The van der Waals surface area contributed by atoms with Crippen molar-refractivity contribution in [1.82, 2.24) is 14.9 Å². The Morgan fingerprint density at radius 2 is 2.31 bits per heavy atom. The third-order valence-corrected chi connectivity index (χ3v) is 3.77. The van der Waals surface area contributed by atoms with E-state index in [4.69, 9.17) is 10.9 Å². The number of carboxylic acid groups (broad SMARTS) is 1. The second-order valence-corrected chi connectivity index (χ2v) is 5.58. The van der Waals surface area contributed by atoms with Gasteiger partial charge in [0.15, 0.2) is 5.82 Å². The fourth-order valence-electron chi connectivity index (χ4n) is 1.66. The lowest BCUT2D eigenvalue weighted by atomic mass is 10.1. The lowest BCUT2D eigenvalue weighted by molar-refractivity contribution is -0.133. The fourth-order valence-corrected chi connectivity index (χ4v) is 2.24. The van der Waals surface area contributed by atoms with E-state index in [-0.39, 0.29) is 11.2 Å². The summed E-state index contributed by atoms with van der Waals surface area (Å²) in [5.41, 5.74) is 0.235. The predicted octanol–water partition coefficient (Wildman–Crippen LogP) is 0.682. The number of aliphatic carboxylic acids is 1. The molecule has 0 radical (unpaired) electrons. The van der Waals surface area contributed by atoms with Gasteiger partial charge in [-0.05, 0) is 11.8 Å². The van der Waals surface area contributed by atoms with Crippen molar-refractivity contribution >= 4 is 17.7 Å². The Bertz CT molecular complexity index is 429. The van der Waals surface area contributed by atoms with Crippen LogP contribution in [-0.4, -0.2) is 31.7 Å². The summed E-state index contributed by atoms with van der Waals surface area (Å²) >= 11 is 1.09. The molecule has 1 aromatic rings. The third-order valence-electron chi connectivity index (χ3n) is 2.84. The smallest absolute Gasteiger partial charge is 0.313 e. The molecule has 0 aliphatic heterocycles. The van der Waals surface area contributed by atoms with Gasteiger partial charge in [0, 0.05) is 5.92 Å². The third kappa shape index (κ3) is 1.99. The van der Waals surface area contributed by atoms with Crippen molar-refractivity contribution in [3.63, 3.8) is 0 Å². The van der Waals surface area contributed by atoms with Crippen molar-refractivity contribution in [2.45, 2.75) is 31.3 Å². The van der Waals surface area contributed by atoms with E-state index in [2.05, 4.69) is 24.0 Å². The average molecular weight is 242 g/mol. The predicted molar refractivity (Wildman–Crippen MR) is 59.7 cm³/mol. The molecular weight excluding hydrogens is 228 g/mol. The van der Waals surface area contributed by atoms with Crippen LogP contribution in [0.25, 0.3) is 0 Å². The number of rotatable bonds is 4. The lowest BCUT2D eigenvalue weighted by Crippen LogP contribution is -2.15. The minimum absolute atomic E-state index is 0.0522. The molecule has 7 heteroatoms. The highest BCUT2D eigenvalue weighted by Crippen LogP contribution is 2.57. The molecule has 2 rings (SSSR count). The molecule has 16 heavy (non-hydrogen) atoms. The molecule has 1 atom stereocenters. The zero-order valence-corrected chi connectivity index (χ0v) is 9.99. The van der Waals surface area contributed by atoms with Crippen LogP contribution < -0.4 is 5.84 Å². The van der Waals surface area contributed by atoms with Crippen molar-refractivity contribution in [2.75, 3.05) is 11.6 Å². The van der Waals surface area contributed by atoms with Crippen LogP contribution in [0.5, 0.6) is 0 Å². The van der Waals surface area contributed by atoms with Gasteiger partial charge in [-0.15, -0.1) is 10.2 Å². The Labute approximate surface area is 97.2 Å². The average Bonchev–Trinajstić information content (AvgIpc) is 2.66.